The highest BCUT2D eigenvalue weighted by molar-refractivity contribution is 5.57. The van der Waals surface area contributed by atoms with Gasteiger partial charge in [0.05, 0.1) is 5.69 Å². The fraction of sp³-hybridized carbons (Fsp3) is 0.529. The molecule has 0 bridgehead atoms. The van der Waals surface area contributed by atoms with Crippen LogP contribution in [0.2, 0.25) is 0 Å². The van der Waals surface area contributed by atoms with E-state index in [9.17, 15) is 0 Å². The van der Waals surface area contributed by atoms with Gasteiger partial charge < -0.3 is 5.32 Å². The Balaban J connectivity index is 1.64. The maximum absolute atomic E-state index is 4.51. The molecule has 0 amide bonds. The van der Waals surface area contributed by atoms with Crippen LogP contribution in [0.25, 0.3) is 5.82 Å². The summed E-state index contributed by atoms with van der Waals surface area (Å²) in [6.07, 6.45) is 13.9. The second-order valence-corrected chi connectivity index (χ2v) is 5.94. The van der Waals surface area contributed by atoms with Crippen LogP contribution in [0, 0.1) is 12.8 Å². The molecule has 0 radical (unpaired) electrons. The molecule has 0 atom stereocenters. The zero-order valence-corrected chi connectivity index (χ0v) is 12.8. The Morgan fingerprint density at radius 3 is 2.81 bits per heavy atom. The van der Waals surface area contributed by atoms with Gasteiger partial charge in [0.15, 0.2) is 5.82 Å². The summed E-state index contributed by atoms with van der Waals surface area (Å²) >= 11 is 0. The van der Waals surface area contributed by atoms with E-state index in [4.69, 9.17) is 0 Å². The van der Waals surface area contributed by atoms with Crippen LogP contribution in [-0.2, 0) is 0 Å². The molecule has 0 saturated heterocycles. The van der Waals surface area contributed by atoms with Crippen molar-refractivity contribution in [2.24, 2.45) is 5.92 Å². The van der Waals surface area contributed by atoms with Gasteiger partial charge >= 0.3 is 0 Å². The Morgan fingerprint density at radius 2 is 2.05 bits per heavy atom. The minimum atomic E-state index is 0.904. The molecule has 3 rings (SSSR count). The monoisotopic (exact) mass is 284 g/mol. The number of nitrogens with zero attached hydrogens (tertiary/aromatic N) is 3. The number of hydrogen-bond acceptors (Lipinski definition) is 3. The first-order valence-electron chi connectivity index (χ1n) is 8.04. The zero-order valence-electron chi connectivity index (χ0n) is 12.8. The third kappa shape index (κ3) is 3.43. The molecule has 21 heavy (non-hydrogen) atoms. The molecule has 1 N–H and O–H groups in total. The summed E-state index contributed by atoms with van der Waals surface area (Å²) in [6.45, 7) is 3.03. The summed E-state index contributed by atoms with van der Waals surface area (Å²) in [6, 6.07) is 4.08. The highest BCUT2D eigenvalue weighted by Gasteiger charge is 2.13. The van der Waals surface area contributed by atoms with E-state index >= 15 is 0 Å². The molecule has 2 heterocycles. The summed E-state index contributed by atoms with van der Waals surface area (Å²) < 4.78 is 2.03. The van der Waals surface area contributed by atoms with E-state index in [1.807, 2.05) is 36.1 Å². The van der Waals surface area contributed by atoms with Crippen LogP contribution in [0.4, 0.5) is 5.69 Å². The molecule has 0 aromatic carbocycles. The smallest absolute Gasteiger partial charge is 0.161 e. The molecule has 0 aliphatic heterocycles. The standard InChI is InChI=1S/C17H24N4/c1-14-18-12-13-21(14)17-16(8-5-10-20-17)19-11-9-15-6-3-2-4-7-15/h5,8,10,12-13,15,19H,2-4,6-7,9,11H2,1H3. The maximum Gasteiger partial charge on any atom is 0.161 e. The number of aromatic nitrogens is 3. The van der Waals surface area contributed by atoms with Crippen LogP contribution in [0.5, 0.6) is 0 Å². The fourth-order valence-corrected chi connectivity index (χ4v) is 3.22. The Labute approximate surface area is 126 Å². The molecule has 1 saturated carbocycles. The minimum absolute atomic E-state index is 0.904. The second-order valence-electron chi connectivity index (χ2n) is 5.94. The van der Waals surface area contributed by atoms with Crippen LogP contribution < -0.4 is 5.32 Å². The van der Waals surface area contributed by atoms with Crippen molar-refractivity contribution in [1.29, 1.82) is 0 Å². The van der Waals surface area contributed by atoms with Gasteiger partial charge in [-0.15, -0.1) is 0 Å². The molecule has 0 spiro atoms. The molecule has 0 unspecified atom stereocenters. The van der Waals surface area contributed by atoms with Gasteiger partial charge in [0.2, 0.25) is 0 Å². The van der Waals surface area contributed by atoms with Crippen molar-refractivity contribution in [3.8, 4) is 5.82 Å². The average molecular weight is 284 g/mol. The molecule has 4 heteroatoms. The Kier molecular flexibility index (Phi) is 4.53. The van der Waals surface area contributed by atoms with E-state index < -0.39 is 0 Å². The molecule has 1 fully saturated rings. The number of nitrogens with one attached hydrogen (secondary N) is 1. The molecule has 112 valence electrons. The number of aryl methyl sites for hydroxylation is 1. The van der Waals surface area contributed by atoms with Gasteiger partial charge in [-0.2, -0.15) is 0 Å². The minimum Gasteiger partial charge on any atom is -0.382 e. The highest BCUT2D eigenvalue weighted by Crippen LogP contribution is 2.26. The van der Waals surface area contributed by atoms with Gasteiger partial charge in [-0.1, -0.05) is 32.1 Å². The average Bonchev–Trinajstić information content (AvgIpc) is 2.95. The van der Waals surface area contributed by atoms with Gasteiger partial charge in [0.1, 0.15) is 5.82 Å². The van der Waals surface area contributed by atoms with Crippen LogP contribution in [0.15, 0.2) is 30.7 Å². The largest absolute Gasteiger partial charge is 0.382 e. The maximum atomic E-state index is 4.51. The number of hydrogen-bond donors (Lipinski definition) is 1. The van der Waals surface area contributed by atoms with Crippen molar-refractivity contribution >= 4 is 5.69 Å². The second kappa shape index (κ2) is 6.74. The number of anilines is 1. The topological polar surface area (TPSA) is 42.7 Å². The van der Waals surface area contributed by atoms with Gasteiger partial charge in [-0.25, -0.2) is 9.97 Å². The Morgan fingerprint density at radius 1 is 1.19 bits per heavy atom. The third-order valence-electron chi connectivity index (χ3n) is 4.43. The quantitative estimate of drug-likeness (QED) is 0.903. The van der Waals surface area contributed by atoms with Crippen molar-refractivity contribution in [1.82, 2.24) is 14.5 Å². The predicted molar refractivity (Wildman–Crippen MR) is 85.8 cm³/mol. The fourth-order valence-electron chi connectivity index (χ4n) is 3.22. The summed E-state index contributed by atoms with van der Waals surface area (Å²) in [5.41, 5.74) is 1.09. The Hall–Kier alpha value is -1.84. The van der Waals surface area contributed by atoms with Crippen molar-refractivity contribution in [2.75, 3.05) is 11.9 Å². The first kappa shape index (κ1) is 14.1. The van der Waals surface area contributed by atoms with Gasteiger partial charge in [0, 0.05) is 25.1 Å². The molecular formula is C17H24N4. The van der Waals surface area contributed by atoms with Crippen molar-refractivity contribution < 1.29 is 0 Å². The van der Waals surface area contributed by atoms with E-state index in [0.717, 1.165) is 29.8 Å². The van der Waals surface area contributed by atoms with Crippen LogP contribution in [-0.4, -0.2) is 21.1 Å². The molecule has 2 aromatic rings. The van der Waals surface area contributed by atoms with Crippen LogP contribution >= 0.6 is 0 Å². The normalized spacial score (nSPS) is 16.0. The van der Waals surface area contributed by atoms with E-state index in [1.165, 1.54) is 38.5 Å². The highest BCUT2D eigenvalue weighted by atomic mass is 15.1. The van der Waals surface area contributed by atoms with E-state index in [1.54, 1.807) is 0 Å². The molecule has 1 aliphatic rings. The van der Waals surface area contributed by atoms with Gasteiger partial charge in [-0.3, -0.25) is 4.57 Å². The van der Waals surface area contributed by atoms with E-state index in [0.29, 0.717) is 0 Å². The van der Waals surface area contributed by atoms with Gasteiger partial charge in [-0.05, 0) is 31.4 Å². The van der Waals surface area contributed by atoms with Crippen molar-refractivity contribution in [3.05, 3.63) is 36.5 Å². The van der Waals surface area contributed by atoms with Gasteiger partial charge in [0.25, 0.3) is 0 Å². The zero-order chi connectivity index (χ0) is 14.5. The number of pyridine rings is 1. The number of rotatable bonds is 5. The lowest BCUT2D eigenvalue weighted by Crippen LogP contribution is -2.13. The van der Waals surface area contributed by atoms with Crippen molar-refractivity contribution in [3.63, 3.8) is 0 Å². The third-order valence-corrected chi connectivity index (χ3v) is 4.43. The van der Waals surface area contributed by atoms with E-state index in [2.05, 4.69) is 21.4 Å². The molecule has 1 aliphatic carbocycles. The first-order chi connectivity index (χ1) is 10.3. The first-order valence-corrected chi connectivity index (χ1v) is 8.04. The lowest BCUT2D eigenvalue weighted by atomic mass is 9.87. The lowest BCUT2D eigenvalue weighted by molar-refractivity contribution is 0.345. The summed E-state index contributed by atoms with van der Waals surface area (Å²) in [5.74, 6) is 2.81. The van der Waals surface area contributed by atoms with E-state index in [-0.39, 0.29) is 0 Å². The lowest BCUT2D eigenvalue weighted by Gasteiger charge is -2.22. The summed E-state index contributed by atoms with van der Waals surface area (Å²) in [4.78, 5) is 8.79. The Bertz CT molecular complexity index is 570. The molecule has 4 nitrogen and oxygen atoms in total. The summed E-state index contributed by atoms with van der Waals surface area (Å²) in [7, 11) is 0. The predicted octanol–water partition coefficient (Wildman–Crippen LogP) is 3.96. The van der Waals surface area contributed by atoms with Crippen molar-refractivity contribution in [2.45, 2.75) is 45.4 Å². The molecular weight excluding hydrogens is 260 g/mol. The summed E-state index contributed by atoms with van der Waals surface area (Å²) in [5, 5.41) is 3.56. The SMILES string of the molecule is Cc1nccn1-c1ncccc1NCCC1CCCCC1. The van der Waals surface area contributed by atoms with Crippen LogP contribution in [0.3, 0.4) is 0 Å². The molecule has 2 aromatic heterocycles. The van der Waals surface area contributed by atoms with Crippen LogP contribution in [0.1, 0.15) is 44.3 Å². The number of imidazole rings is 1.